The number of carbonyl (C=O) groups excluding carboxylic acids is 2. The molecule has 0 aromatic rings. The van der Waals surface area contributed by atoms with Crippen LogP contribution >= 0.6 is 11.8 Å². The Morgan fingerprint density at radius 2 is 2.31 bits per heavy atom. The first-order chi connectivity index (χ1) is 6.16. The number of thioether (sulfide) groups is 1. The Balaban J connectivity index is 2.49. The molecule has 1 N–H and O–H groups in total. The molecule has 1 atom stereocenters. The number of urea groups is 1. The standard InChI is InChI=1S/C8H14N2O2S/c1-6(3-4-13-2)10-7(11)5-9-8(10)12/h6H,3-5H2,1-2H3,(H,9,12). The number of hydrogen-bond acceptors (Lipinski definition) is 3. The highest BCUT2D eigenvalue weighted by molar-refractivity contribution is 7.98. The van der Waals surface area contributed by atoms with Gasteiger partial charge in [-0.15, -0.1) is 0 Å². The zero-order valence-electron chi connectivity index (χ0n) is 7.87. The fraction of sp³-hybridized carbons (Fsp3) is 0.750. The molecule has 74 valence electrons. The smallest absolute Gasteiger partial charge is 0.324 e. The lowest BCUT2D eigenvalue weighted by atomic mass is 10.2. The first-order valence-electron chi connectivity index (χ1n) is 4.25. The molecule has 0 spiro atoms. The molecule has 0 radical (unpaired) electrons. The Morgan fingerprint density at radius 3 is 2.77 bits per heavy atom. The van der Waals surface area contributed by atoms with Crippen molar-refractivity contribution >= 4 is 23.7 Å². The summed E-state index contributed by atoms with van der Waals surface area (Å²) in [5, 5.41) is 2.51. The minimum absolute atomic E-state index is 0.0162. The molecule has 0 bridgehead atoms. The van der Waals surface area contributed by atoms with E-state index in [1.165, 1.54) is 4.90 Å². The molecule has 4 nitrogen and oxygen atoms in total. The number of nitrogens with one attached hydrogen (secondary N) is 1. The maximum atomic E-state index is 11.2. The highest BCUT2D eigenvalue weighted by atomic mass is 32.2. The summed E-state index contributed by atoms with van der Waals surface area (Å²) < 4.78 is 0. The molecule has 1 fully saturated rings. The normalized spacial score (nSPS) is 19.1. The van der Waals surface area contributed by atoms with E-state index in [4.69, 9.17) is 0 Å². The molecule has 1 aliphatic heterocycles. The zero-order valence-corrected chi connectivity index (χ0v) is 8.69. The van der Waals surface area contributed by atoms with E-state index in [0.717, 1.165) is 12.2 Å². The van der Waals surface area contributed by atoms with Gasteiger partial charge in [-0.3, -0.25) is 9.69 Å². The molecule has 3 amide bonds. The van der Waals surface area contributed by atoms with E-state index in [-0.39, 0.29) is 24.5 Å². The number of amides is 3. The molecule has 13 heavy (non-hydrogen) atoms. The van der Waals surface area contributed by atoms with Gasteiger partial charge in [0.2, 0.25) is 5.91 Å². The third-order valence-corrected chi connectivity index (χ3v) is 2.70. The van der Waals surface area contributed by atoms with Gasteiger partial charge in [-0.25, -0.2) is 4.79 Å². The highest BCUT2D eigenvalue weighted by Crippen LogP contribution is 2.11. The molecular formula is C8H14N2O2S. The maximum absolute atomic E-state index is 11.2. The second-order valence-corrected chi connectivity index (χ2v) is 4.04. The van der Waals surface area contributed by atoms with Gasteiger partial charge in [0.05, 0.1) is 6.54 Å². The quantitative estimate of drug-likeness (QED) is 0.682. The van der Waals surface area contributed by atoms with Gasteiger partial charge in [-0.1, -0.05) is 0 Å². The first kappa shape index (κ1) is 10.4. The molecular weight excluding hydrogens is 188 g/mol. The summed E-state index contributed by atoms with van der Waals surface area (Å²) >= 11 is 1.72. The van der Waals surface area contributed by atoms with Crippen molar-refractivity contribution in [3.63, 3.8) is 0 Å². The predicted molar refractivity (Wildman–Crippen MR) is 52.7 cm³/mol. The van der Waals surface area contributed by atoms with Crippen LogP contribution in [0, 0.1) is 0 Å². The van der Waals surface area contributed by atoms with E-state index in [0.29, 0.717) is 0 Å². The summed E-state index contributed by atoms with van der Waals surface area (Å²) in [6.45, 7) is 2.06. The molecule has 0 aromatic carbocycles. The van der Waals surface area contributed by atoms with Crippen molar-refractivity contribution < 1.29 is 9.59 Å². The van der Waals surface area contributed by atoms with Crippen LogP contribution in [0.3, 0.4) is 0 Å². The number of imide groups is 1. The van der Waals surface area contributed by atoms with Crippen LogP contribution in [0.4, 0.5) is 4.79 Å². The van der Waals surface area contributed by atoms with Gasteiger partial charge in [0.15, 0.2) is 0 Å². The van der Waals surface area contributed by atoms with Crippen LogP contribution in [0.25, 0.3) is 0 Å². The zero-order chi connectivity index (χ0) is 9.84. The fourth-order valence-electron chi connectivity index (χ4n) is 1.30. The molecule has 1 aliphatic rings. The van der Waals surface area contributed by atoms with Crippen LogP contribution in [0.5, 0.6) is 0 Å². The Morgan fingerprint density at radius 1 is 1.62 bits per heavy atom. The molecule has 0 saturated carbocycles. The number of carbonyl (C=O) groups is 2. The van der Waals surface area contributed by atoms with Crippen LogP contribution in [0.1, 0.15) is 13.3 Å². The lowest BCUT2D eigenvalue weighted by Crippen LogP contribution is -2.39. The lowest BCUT2D eigenvalue weighted by molar-refractivity contribution is -0.126. The van der Waals surface area contributed by atoms with Crippen molar-refractivity contribution in [3.8, 4) is 0 Å². The Bertz CT molecular complexity index is 204. The fourth-order valence-corrected chi connectivity index (χ4v) is 1.88. The molecule has 1 unspecified atom stereocenters. The molecule has 1 rings (SSSR count). The van der Waals surface area contributed by atoms with Crippen LogP contribution in [0.15, 0.2) is 0 Å². The minimum Gasteiger partial charge on any atom is -0.329 e. The average molecular weight is 202 g/mol. The first-order valence-corrected chi connectivity index (χ1v) is 5.65. The van der Waals surface area contributed by atoms with E-state index in [2.05, 4.69) is 5.32 Å². The van der Waals surface area contributed by atoms with Crippen molar-refractivity contribution in [2.24, 2.45) is 0 Å². The van der Waals surface area contributed by atoms with Crippen molar-refractivity contribution in [1.82, 2.24) is 10.2 Å². The SMILES string of the molecule is CSCCC(C)N1C(=O)CNC1=O. The van der Waals surface area contributed by atoms with Gasteiger partial charge in [0.25, 0.3) is 0 Å². The monoisotopic (exact) mass is 202 g/mol. The summed E-state index contributed by atoms with van der Waals surface area (Å²) in [6.07, 6.45) is 2.87. The largest absolute Gasteiger partial charge is 0.329 e. The Kier molecular flexibility index (Phi) is 3.59. The predicted octanol–water partition coefficient (Wildman–Crippen LogP) is 0.680. The lowest BCUT2D eigenvalue weighted by Gasteiger charge is -2.20. The summed E-state index contributed by atoms with van der Waals surface area (Å²) in [5.74, 6) is 0.858. The van der Waals surface area contributed by atoms with Gasteiger partial charge in [-0.05, 0) is 25.4 Å². The van der Waals surface area contributed by atoms with Crippen molar-refractivity contribution in [2.75, 3.05) is 18.6 Å². The van der Waals surface area contributed by atoms with Gasteiger partial charge in [0.1, 0.15) is 0 Å². The topological polar surface area (TPSA) is 49.4 Å². The Hall–Kier alpha value is -0.710. The highest BCUT2D eigenvalue weighted by Gasteiger charge is 2.31. The number of hydrogen-bond donors (Lipinski definition) is 1. The summed E-state index contributed by atoms with van der Waals surface area (Å²) in [4.78, 5) is 23.7. The maximum Gasteiger partial charge on any atom is 0.324 e. The Labute approximate surface area is 82.0 Å². The van der Waals surface area contributed by atoms with Gasteiger partial charge in [0, 0.05) is 6.04 Å². The minimum atomic E-state index is -0.251. The third kappa shape index (κ3) is 2.37. The van der Waals surface area contributed by atoms with Crippen molar-refractivity contribution in [2.45, 2.75) is 19.4 Å². The van der Waals surface area contributed by atoms with Gasteiger partial charge in [-0.2, -0.15) is 11.8 Å². The number of rotatable bonds is 4. The van der Waals surface area contributed by atoms with E-state index >= 15 is 0 Å². The van der Waals surface area contributed by atoms with Crippen LogP contribution in [-0.2, 0) is 4.79 Å². The number of nitrogens with zero attached hydrogens (tertiary/aromatic N) is 1. The molecule has 1 saturated heterocycles. The molecule has 5 heteroatoms. The van der Waals surface area contributed by atoms with Gasteiger partial charge >= 0.3 is 6.03 Å². The second kappa shape index (κ2) is 4.50. The van der Waals surface area contributed by atoms with E-state index < -0.39 is 0 Å². The molecule has 1 heterocycles. The van der Waals surface area contributed by atoms with E-state index in [9.17, 15) is 9.59 Å². The average Bonchev–Trinajstić information content (AvgIpc) is 2.42. The summed E-state index contributed by atoms with van der Waals surface area (Å²) in [6, 6.07) is -0.235. The molecule has 0 aromatic heterocycles. The second-order valence-electron chi connectivity index (χ2n) is 3.05. The summed E-state index contributed by atoms with van der Waals surface area (Å²) in [5.41, 5.74) is 0. The van der Waals surface area contributed by atoms with Crippen molar-refractivity contribution in [1.29, 1.82) is 0 Å². The van der Waals surface area contributed by atoms with E-state index in [1.54, 1.807) is 11.8 Å². The van der Waals surface area contributed by atoms with E-state index in [1.807, 2.05) is 13.2 Å². The molecule has 0 aliphatic carbocycles. The van der Waals surface area contributed by atoms with Crippen LogP contribution < -0.4 is 5.32 Å². The van der Waals surface area contributed by atoms with Gasteiger partial charge < -0.3 is 5.32 Å². The third-order valence-electron chi connectivity index (χ3n) is 2.06. The summed E-state index contributed by atoms with van der Waals surface area (Å²) in [7, 11) is 0. The van der Waals surface area contributed by atoms with Crippen LogP contribution in [-0.4, -0.2) is 41.4 Å². The van der Waals surface area contributed by atoms with Crippen molar-refractivity contribution in [3.05, 3.63) is 0 Å². The van der Waals surface area contributed by atoms with Crippen LogP contribution in [0.2, 0.25) is 0 Å².